The van der Waals surface area contributed by atoms with Crippen molar-refractivity contribution in [1.29, 1.82) is 0 Å². The number of ether oxygens (including phenoxy) is 1. The van der Waals surface area contributed by atoms with Gasteiger partial charge in [-0.3, -0.25) is 9.59 Å². The number of aromatic hydroxyl groups is 1. The van der Waals surface area contributed by atoms with E-state index >= 15 is 0 Å². The Balaban J connectivity index is 1.95. The minimum atomic E-state index is -1.03. The predicted molar refractivity (Wildman–Crippen MR) is 151 cm³/mol. The molecule has 2 unspecified atom stereocenters. The number of amides is 3. The van der Waals surface area contributed by atoms with Crippen LogP contribution in [-0.4, -0.2) is 46.6 Å². The summed E-state index contributed by atoms with van der Waals surface area (Å²) in [6.07, 6.45) is -0.618. The van der Waals surface area contributed by atoms with Crippen LogP contribution in [0, 0.1) is 13.8 Å². The van der Waals surface area contributed by atoms with Gasteiger partial charge < -0.3 is 25.4 Å². The molecule has 8 heteroatoms. The van der Waals surface area contributed by atoms with Crippen LogP contribution in [0.15, 0.2) is 72.8 Å². The van der Waals surface area contributed by atoms with Crippen LogP contribution in [-0.2, 0) is 20.7 Å². The average Bonchev–Trinajstić information content (AvgIpc) is 2.86. The van der Waals surface area contributed by atoms with Crippen LogP contribution in [0.5, 0.6) is 5.75 Å². The van der Waals surface area contributed by atoms with E-state index in [4.69, 9.17) is 4.74 Å². The number of rotatable bonds is 8. The van der Waals surface area contributed by atoms with Crippen LogP contribution in [0.4, 0.5) is 10.5 Å². The monoisotopic (exact) mass is 531 g/mol. The predicted octanol–water partition coefficient (Wildman–Crippen LogP) is 5.28. The van der Waals surface area contributed by atoms with Gasteiger partial charge in [-0.1, -0.05) is 60.7 Å². The van der Waals surface area contributed by atoms with Gasteiger partial charge in [0.1, 0.15) is 23.4 Å². The third-order valence-electron chi connectivity index (χ3n) is 6.19. The highest BCUT2D eigenvalue weighted by atomic mass is 16.6. The van der Waals surface area contributed by atoms with Crippen LogP contribution in [0.25, 0.3) is 0 Å². The molecule has 0 aliphatic rings. The molecule has 0 spiro atoms. The Bertz CT molecular complexity index is 1280. The Kier molecular flexibility index (Phi) is 9.35. The summed E-state index contributed by atoms with van der Waals surface area (Å²) in [5.41, 5.74) is 3.07. The number of benzene rings is 3. The smallest absolute Gasteiger partial charge is 0.408 e. The minimum Gasteiger partial charge on any atom is -0.508 e. The van der Waals surface area contributed by atoms with Gasteiger partial charge in [0.05, 0.1) is 0 Å². The number of phenolic OH excluding ortho intramolecular Hbond substituents is 1. The van der Waals surface area contributed by atoms with Crippen molar-refractivity contribution in [2.24, 2.45) is 0 Å². The Morgan fingerprint density at radius 3 is 2.05 bits per heavy atom. The zero-order valence-corrected chi connectivity index (χ0v) is 23.3. The zero-order valence-electron chi connectivity index (χ0n) is 23.3. The van der Waals surface area contributed by atoms with Crippen molar-refractivity contribution in [2.45, 2.75) is 58.7 Å². The van der Waals surface area contributed by atoms with Gasteiger partial charge in [-0.05, 0) is 69.0 Å². The molecule has 0 bridgehead atoms. The highest BCUT2D eigenvalue weighted by molar-refractivity contribution is 5.99. The first-order chi connectivity index (χ1) is 18.4. The largest absolute Gasteiger partial charge is 0.508 e. The number of aryl methyl sites for hydroxylation is 2. The number of hydrogen-bond donors (Lipinski definition) is 3. The molecule has 0 saturated heterocycles. The molecule has 0 fully saturated rings. The number of carbonyl (C=O) groups is 3. The Morgan fingerprint density at radius 1 is 0.897 bits per heavy atom. The van der Waals surface area contributed by atoms with Crippen LogP contribution in [0.3, 0.4) is 0 Å². The van der Waals surface area contributed by atoms with Gasteiger partial charge >= 0.3 is 6.09 Å². The molecule has 3 amide bonds. The first-order valence-corrected chi connectivity index (χ1v) is 12.8. The third-order valence-corrected chi connectivity index (χ3v) is 6.19. The maximum atomic E-state index is 13.9. The van der Waals surface area contributed by atoms with Crippen molar-refractivity contribution in [2.75, 3.05) is 12.4 Å². The molecule has 0 aliphatic carbocycles. The quantitative estimate of drug-likeness (QED) is 0.366. The van der Waals surface area contributed by atoms with Crippen LogP contribution >= 0.6 is 0 Å². The highest BCUT2D eigenvalue weighted by Crippen LogP contribution is 2.26. The van der Waals surface area contributed by atoms with Gasteiger partial charge in [0, 0.05) is 19.2 Å². The number of alkyl carbamates (subject to hydrolysis) is 1. The van der Waals surface area contributed by atoms with Gasteiger partial charge in [-0.2, -0.15) is 0 Å². The number of carbonyl (C=O) groups excluding carboxylic acids is 3. The molecule has 8 nitrogen and oxygen atoms in total. The second-order valence-electron chi connectivity index (χ2n) is 10.6. The summed E-state index contributed by atoms with van der Waals surface area (Å²) in [6, 6.07) is 19.1. The fourth-order valence-corrected chi connectivity index (χ4v) is 4.28. The van der Waals surface area contributed by atoms with Gasteiger partial charge in [0.15, 0.2) is 0 Å². The molecule has 0 radical (unpaired) electrons. The third kappa shape index (κ3) is 8.07. The maximum absolute atomic E-state index is 13.9. The number of nitrogens with one attached hydrogen (secondary N) is 2. The van der Waals surface area contributed by atoms with Crippen molar-refractivity contribution in [1.82, 2.24) is 10.2 Å². The number of likely N-dealkylation sites (N-methyl/N-ethyl adjacent to an activating group) is 1. The van der Waals surface area contributed by atoms with Crippen molar-refractivity contribution in [3.63, 3.8) is 0 Å². The van der Waals surface area contributed by atoms with Crippen molar-refractivity contribution in [3.8, 4) is 5.75 Å². The lowest BCUT2D eigenvalue weighted by Crippen LogP contribution is -2.52. The standard InChI is InChI=1S/C31H37N3O5/c1-20-11-10-12-21(2)26(20)33-28(36)27(23-13-8-7-9-14-23)34(6)29(37)25(32-30(38)39-31(3,4)5)19-22-15-17-24(35)18-16-22/h7-18,25,27,35H,19H2,1-6H3,(H,32,38)(H,33,36). The molecular formula is C31H37N3O5. The van der Waals surface area contributed by atoms with E-state index in [0.29, 0.717) is 16.8 Å². The molecule has 0 aliphatic heterocycles. The summed E-state index contributed by atoms with van der Waals surface area (Å²) in [4.78, 5) is 41.7. The lowest BCUT2D eigenvalue weighted by Gasteiger charge is -2.32. The van der Waals surface area contributed by atoms with Crippen LogP contribution in [0.2, 0.25) is 0 Å². The topological polar surface area (TPSA) is 108 Å². The summed E-state index contributed by atoms with van der Waals surface area (Å²) in [5, 5.41) is 15.4. The van der Waals surface area contributed by atoms with E-state index in [1.165, 1.54) is 17.0 Å². The van der Waals surface area contributed by atoms with Gasteiger partial charge in [-0.15, -0.1) is 0 Å². The molecule has 3 rings (SSSR count). The summed E-state index contributed by atoms with van der Waals surface area (Å²) in [5.74, 6) is -0.763. The lowest BCUT2D eigenvalue weighted by molar-refractivity contribution is -0.139. The zero-order chi connectivity index (χ0) is 28.7. The average molecular weight is 532 g/mol. The summed E-state index contributed by atoms with van der Waals surface area (Å²) in [6.45, 7) is 9.03. The summed E-state index contributed by atoms with van der Waals surface area (Å²) < 4.78 is 5.41. The normalized spacial score (nSPS) is 12.7. The molecule has 2 atom stereocenters. The van der Waals surface area contributed by atoms with E-state index < -0.39 is 29.7 Å². The van der Waals surface area contributed by atoms with E-state index in [1.54, 1.807) is 64.2 Å². The molecule has 39 heavy (non-hydrogen) atoms. The first-order valence-electron chi connectivity index (χ1n) is 12.8. The number of anilines is 1. The van der Waals surface area contributed by atoms with E-state index in [1.807, 2.05) is 38.1 Å². The van der Waals surface area contributed by atoms with E-state index in [0.717, 1.165) is 11.1 Å². The number of phenols is 1. The molecular weight excluding hydrogens is 494 g/mol. The number of para-hydroxylation sites is 1. The Labute approximate surface area is 230 Å². The molecule has 3 aromatic carbocycles. The van der Waals surface area contributed by atoms with E-state index in [9.17, 15) is 19.5 Å². The fraction of sp³-hybridized carbons (Fsp3) is 0.323. The first kappa shape index (κ1) is 29.2. The van der Waals surface area contributed by atoms with Crippen LogP contribution in [0.1, 0.15) is 49.1 Å². The second-order valence-corrected chi connectivity index (χ2v) is 10.6. The molecule has 0 heterocycles. The summed E-state index contributed by atoms with van der Waals surface area (Å²) >= 11 is 0. The Hall–Kier alpha value is -4.33. The molecule has 0 saturated carbocycles. The SMILES string of the molecule is Cc1cccc(C)c1NC(=O)C(c1ccccc1)N(C)C(=O)C(Cc1ccc(O)cc1)NC(=O)OC(C)(C)C. The number of hydrogen-bond acceptors (Lipinski definition) is 5. The van der Waals surface area contributed by atoms with Crippen molar-refractivity contribution in [3.05, 3.63) is 95.1 Å². The summed E-state index contributed by atoms with van der Waals surface area (Å²) in [7, 11) is 1.55. The fourth-order valence-electron chi connectivity index (χ4n) is 4.28. The maximum Gasteiger partial charge on any atom is 0.408 e. The molecule has 0 aromatic heterocycles. The Morgan fingerprint density at radius 2 is 1.49 bits per heavy atom. The van der Waals surface area contributed by atoms with Gasteiger partial charge in [0.25, 0.3) is 5.91 Å². The van der Waals surface area contributed by atoms with E-state index in [-0.39, 0.29) is 18.1 Å². The lowest BCUT2D eigenvalue weighted by atomic mass is 10.0. The van der Waals surface area contributed by atoms with Crippen molar-refractivity contribution >= 4 is 23.6 Å². The van der Waals surface area contributed by atoms with Crippen molar-refractivity contribution < 1.29 is 24.2 Å². The second kappa shape index (κ2) is 12.5. The van der Waals surface area contributed by atoms with Gasteiger partial charge in [-0.25, -0.2) is 4.79 Å². The number of nitrogens with zero attached hydrogens (tertiary/aromatic N) is 1. The van der Waals surface area contributed by atoms with Gasteiger partial charge in [0.2, 0.25) is 5.91 Å². The van der Waals surface area contributed by atoms with E-state index in [2.05, 4.69) is 10.6 Å². The highest BCUT2D eigenvalue weighted by Gasteiger charge is 2.34. The molecule has 3 N–H and O–H groups in total. The minimum absolute atomic E-state index is 0.0890. The molecule has 206 valence electrons. The molecule has 3 aromatic rings. The van der Waals surface area contributed by atoms with Crippen LogP contribution < -0.4 is 10.6 Å².